The number of hydrogen-bond acceptors (Lipinski definition) is 1. The molecule has 1 N–H and O–H groups in total. The Hall–Kier alpha value is 0.150. The lowest BCUT2D eigenvalue weighted by Gasteiger charge is -1.88. The van der Waals surface area contributed by atoms with Crippen LogP contribution in [0.3, 0.4) is 0 Å². The molecule has 0 atom stereocenters. The number of nitrogens with one attached hydrogen (secondary N) is 1. The highest BCUT2D eigenvalue weighted by molar-refractivity contribution is 14.1. The molecule has 1 aromatic heterocycles. The average Bonchev–Trinajstić information content (AvgIpc) is 2.31. The van der Waals surface area contributed by atoms with Gasteiger partial charge in [0.15, 0.2) is 3.83 Å². The number of halogens is 2. The Morgan fingerprint density at radius 2 is 2.09 bits per heavy atom. The molecule has 1 aromatic carbocycles. The van der Waals surface area contributed by atoms with Crippen LogP contribution in [-0.2, 0) is 0 Å². The fourth-order valence-corrected chi connectivity index (χ4v) is 2.12. The Morgan fingerprint density at radius 1 is 1.27 bits per heavy atom. The maximum Gasteiger partial charge on any atom is 0.169 e. The van der Waals surface area contributed by atoms with Gasteiger partial charge in [-0.1, -0.05) is 6.07 Å². The van der Waals surface area contributed by atoms with Gasteiger partial charge in [-0.15, -0.1) is 0 Å². The first-order chi connectivity index (χ1) is 5.27. The van der Waals surface area contributed by atoms with Gasteiger partial charge < -0.3 is 4.98 Å². The SMILES string of the molecule is Ic1nc2c(I)cccc2[nH]1. The number of nitrogens with zero attached hydrogens (tertiary/aromatic N) is 1. The summed E-state index contributed by atoms with van der Waals surface area (Å²) in [5.41, 5.74) is 2.18. The largest absolute Gasteiger partial charge is 0.333 e. The summed E-state index contributed by atoms with van der Waals surface area (Å²) in [7, 11) is 0. The molecule has 0 aliphatic rings. The minimum Gasteiger partial charge on any atom is -0.333 e. The van der Waals surface area contributed by atoms with Crippen LogP contribution in [0.1, 0.15) is 0 Å². The summed E-state index contributed by atoms with van der Waals surface area (Å²) in [5.74, 6) is 0. The predicted molar refractivity (Wildman–Crippen MR) is 61.5 cm³/mol. The molecular formula is C7H4I2N2. The minimum absolute atomic E-state index is 0.946. The van der Waals surface area contributed by atoms with Crippen LogP contribution in [0.25, 0.3) is 11.0 Å². The Bertz CT molecular complexity index is 394. The normalized spacial score (nSPS) is 10.7. The highest BCUT2D eigenvalue weighted by Gasteiger charge is 2.01. The zero-order chi connectivity index (χ0) is 7.84. The van der Waals surface area contributed by atoms with Gasteiger partial charge in [0.05, 0.1) is 5.52 Å². The van der Waals surface area contributed by atoms with E-state index in [0.717, 1.165) is 14.9 Å². The van der Waals surface area contributed by atoms with E-state index in [1.54, 1.807) is 0 Å². The van der Waals surface area contributed by atoms with E-state index in [9.17, 15) is 0 Å². The topological polar surface area (TPSA) is 28.7 Å². The highest BCUT2D eigenvalue weighted by atomic mass is 127. The number of imidazole rings is 1. The number of para-hydroxylation sites is 1. The molecule has 2 aromatic rings. The predicted octanol–water partition coefficient (Wildman–Crippen LogP) is 2.77. The fraction of sp³-hybridized carbons (Fsp3) is 0. The monoisotopic (exact) mass is 370 g/mol. The third-order valence-electron chi connectivity index (χ3n) is 1.43. The van der Waals surface area contributed by atoms with Crippen LogP contribution in [0.4, 0.5) is 0 Å². The van der Waals surface area contributed by atoms with Crippen molar-refractivity contribution < 1.29 is 0 Å². The summed E-state index contributed by atoms with van der Waals surface area (Å²) in [5, 5.41) is 0. The molecule has 1 heterocycles. The first-order valence-electron chi connectivity index (χ1n) is 3.07. The minimum atomic E-state index is 0.946. The molecule has 0 fully saturated rings. The quantitative estimate of drug-likeness (QED) is 0.711. The standard InChI is InChI=1S/C7H4I2N2/c8-4-2-1-3-5-6(4)11-7(9)10-5/h1-3H,(H,10,11). The van der Waals surface area contributed by atoms with Gasteiger partial charge in [-0.2, -0.15) is 0 Å². The van der Waals surface area contributed by atoms with E-state index in [4.69, 9.17) is 0 Å². The van der Waals surface area contributed by atoms with Crippen molar-refractivity contribution in [2.75, 3.05) is 0 Å². The molecule has 0 amide bonds. The van der Waals surface area contributed by atoms with E-state index in [2.05, 4.69) is 61.2 Å². The summed E-state index contributed by atoms with van der Waals surface area (Å²) < 4.78 is 2.14. The zero-order valence-corrected chi connectivity index (χ0v) is 9.75. The van der Waals surface area contributed by atoms with Crippen LogP contribution < -0.4 is 0 Å². The third kappa shape index (κ3) is 1.37. The molecular weight excluding hydrogens is 366 g/mol. The summed E-state index contributed by atoms with van der Waals surface area (Å²) in [6.07, 6.45) is 0. The van der Waals surface area contributed by atoms with Crippen molar-refractivity contribution in [3.05, 3.63) is 25.6 Å². The maximum absolute atomic E-state index is 4.34. The number of aromatic amines is 1. The first-order valence-corrected chi connectivity index (χ1v) is 5.23. The summed E-state index contributed by atoms with van der Waals surface area (Å²) in [6.45, 7) is 0. The van der Waals surface area contributed by atoms with Gasteiger partial charge in [-0.25, -0.2) is 4.98 Å². The second kappa shape index (κ2) is 2.89. The van der Waals surface area contributed by atoms with Crippen molar-refractivity contribution in [1.82, 2.24) is 9.97 Å². The van der Waals surface area contributed by atoms with Crippen molar-refractivity contribution >= 4 is 56.2 Å². The van der Waals surface area contributed by atoms with Gasteiger partial charge in [0, 0.05) is 3.57 Å². The Morgan fingerprint density at radius 3 is 2.82 bits per heavy atom. The smallest absolute Gasteiger partial charge is 0.169 e. The van der Waals surface area contributed by atoms with Crippen LogP contribution >= 0.6 is 45.2 Å². The number of benzene rings is 1. The maximum atomic E-state index is 4.34. The summed E-state index contributed by atoms with van der Waals surface area (Å²) in [4.78, 5) is 7.51. The molecule has 0 unspecified atom stereocenters. The highest BCUT2D eigenvalue weighted by Crippen LogP contribution is 2.18. The third-order valence-corrected chi connectivity index (χ3v) is 2.82. The second-order valence-electron chi connectivity index (χ2n) is 2.16. The van der Waals surface area contributed by atoms with E-state index in [-0.39, 0.29) is 0 Å². The summed E-state index contributed by atoms with van der Waals surface area (Å²) >= 11 is 4.47. The number of rotatable bonds is 0. The van der Waals surface area contributed by atoms with Gasteiger partial charge in [-0.05, 0) is 57.3 Å². The molecule has 0 aliphatic heterocycles. The molecule has 11 heavy (non-hydrogen) atoms. The van der Waals surface area contributed by atoms with Crippen molar-refractivity contribution in [2.45, 2.75) is 0 Å². The number of H-pyrrole nitrogens is 1. The lowest BCUT2D eigenvalue weighted by atomic mass is 10.3. The molecule has 0 spiro atoms. The van der Waals surface area contributed by atoms with Crippen molar-refractivity contribution in [1.29, 1.82) is 0 Å². The van der Waals surface area contributed by atoms with Crippen LogP contribution in [0.5, 0.6) is 0 Å². The number of hydrogen-bond donors (Lipinski definition) is 1. The van der Waals surface area contributed by atoms with Gasteiger partial charge in [0.1, 0.15) is 5.52 Å². The Kier molecular flexibility index (Phi) is 2.04. The van der Waals surface area contributed by atoms with Crippen LogP contribution in [-0.4, -0.2) is 9.97 Å². The number of fused-ring (bicyclic) bond motifs is 1. The Balaban J connectivity index is 2.90. The molecule has 0 radical (unpaired) electrons. The van der Waals surface area contributed by atoms with Crippen molar-refractivity contribution in [3.8, 4) is 0 Å². The molecule has 56 valence electrons. The molecule has 2 nitrogen and oxygen atoms in total. The summed E-state index contributed by atoms with van der Waals surface area (Å²) in [6, 6.07) is 6.12. The number of aromatic nitrogens is 2. The van der Waals surface area contributed by atoms with Crippen molar-refractivity contribution in [3.63, 3.8) is 0 Å². The molecule has 2 rings (SSSR count). The van der Waals surface area contributed by atoms with E-state index in [1.807, 2.05) is 12.1 Å². The zero-order valence-electron chi connectivity index (χ0n) is 5.44. The Labute approximate surface area is 91.1 Å². The van der Waals surface area contributed by atoms with Gasteiger partial charge in [-0.3, -0.25) is 0 Å². The van der Waals surface area contributed by atoms with Gasteiger partial charge in [0.25, 0.3) is 0 Å². The van der Waals surface area contributed by atoms with Crippen LogP contribution in [0, 0.1) is 7.40 Å². The van der Waals surface area contributed by atoms with E-state index < -0.39 is 0 Å². The van der Waals surface area contributed by atoms with E-state index in [0.29, 0.717) is 0 Å². The molecule has 4 heteroatoms. The lowest BCUT2D eigenvalue weighted by Crippen LogP contribution is -1.73. The molecule has 0 bridgehead atoms. The molecule has 0 saturated heterocycles. The molecule has 0 aliphatic carbocycles. The van der Waals surface area contributed by atoms with E-state index >= 15 is 0 Å². The first kappa shape index (κ1) is 7.78. The van der Waals surface area contributed by atoms with E-state index in [1.165, 1.54) is 3.57 Å². The van der Waals surface area contributed by atoms with Crippen LogP contribution in [0.2, 0.25) is 0 Å². The van der Waals surface area contributed by atoms with Gasteiger partial charge in [0.2, 0.25) is 0 Å². The average molecular weight is 370 g/mol. The lowest BCUT2D eigenvalue weighted by molar-refractivity contribution is 1.26. The van der Waals surface area contributed by atoms with Crippen molar-refractivity contribution in [2.24, 2.45) is 0 Å². The van der Waals surface area contributed by atoms with Gasteiger partial charge >= 0.3 is 0 Å². The second-order valence-corrected chi connectivity index (χ2v) is 4.35. The van der Waals surface area contributed by atoms with Crippen LogP contribution in [0.15, 0.2) is 18.2 Å². The fourth-order valence-electron chi connectivity index (χ4n) is 0.967. The molecule has 0 saturated carbocycles.